The second-order valence-electron chi connectivity index (χ2n) is 24.5. The summed E-state index contributed by atoms with van der Waals surface area (Å²) >= 11 is 0. The van der Waals surface area contributed by atoms with Crippen molar-refractivity contribution in [3.8, 4) is 0 Å². The van der Waals surface area contributed by atoms with Gasteiger partial charge in [0.05, 0.1) is 17.4 Å². The lowest BCUT2D eigenvalue weighted by molar-refractivity contribution is -0.235. The Balaban J connectivity index is 0.955. The van der Waals surface area contributed by atoms with Crippen LogP contribution in [0.15, 0.2) is 11.1 Å². The summed E-state index contributed by atoms with van der Waals surface area (Å²) in [5.74, 6) is 1.72. The summed E-state index contributed by atoms with van der Waals surface area (Å²) in [5, 5.41) is 22.4. The van der Waals surface area contributed by atoms with E-state index < -0.39 is 22.8 Å². The minimum absolute atomic E-state index is 0.0228. The molecule has 2 bridgehead atoms. The van der Waals surface area contributed by atoms with Crippen LogP contribution in [0.4, 0.5) is 4.79 Å². The van der Waals surface area contributed by atoms with E-state index in [1.807, 2.05) is 13.8 Å². The Kier molecular flexibility index (Phi) is 10.2. The van der Waals surface area contributed by atoms with Crippen LogP contribution in [-0.2, 0) is 19.1 Å². The minimum Gasteiger partial charge on any atom is -0.481 e. The zero-order valence-corrected chi connectivity index (χ0v) is 40.0. The van der Waals surface area contributed by atoms with Gasteiger partial charge in [-0.15, -0.1) is 10.2 Å². The summed E-state index contributed by atoms with van der Waals surface area (Å²) in [6, 6.07) is 0.616. The number of nitrogens with zero attached hydrogens (tertiary/aromatic N) is 4. The Hall–Kier alpha value is -3.24. The molecule has 0 radical (unpaired) electrons. The lowest BCUT2D eigenvalue weighted by Crippen LogP contribution is -2.68. The molecule has 5 saturated carbocycles. The Bertz CT molecular complexity index is 2070. The molecule has 9 rings (SSSR count). The fraction of sp³-hybridized carbons (Fsp3) is 0.843. The van der Waals surface area contributed by atoms with Crippen molar-refractivity contribution >= 4 is 23.8 Å². The number of ether oxygens (including phenoxy) is 1. The van der Waals surface area contributed by atoms with E-state index in [1.165, 1.54) is 5.57 Å². The summed E-state index contributed by atoms with van der Waals surface area (Å²) in [4.78, 5) is 57.0. The first-order chi connectivity index (χ1) is 28.9. The predicted molar refractivity (Wildman–Crippen MR) is 237 cm³/mol. The van der Waals surface area contributed by atoms with Gasteiger partial charge >= 0.3 is 18.0 Å². The molecule has 342 valence electrons. The van der Waals surface area contributed by atoms with Gasteiger partial charge in [-0.25, -0.2) is 4.79 Å². The first-order valence-corrected chi connectivity index (χ1v) is 24.7. The van der Waals surface area contributed by atoms with E-state index in [0.717, 1.165) is 94.3 Å². The molecule has 1 aromatic rings. The van der Waals surface area contributed by atoms with E-state index in [9.17, 15) is 24.3 Å². The highest BCUT2D eigenvalue weighted by Crippen LogP contribution is 2.76. The molecule has 13 atom stereocenters. The van der Waals surface area contributed by atoms with E-state index >= 15 is 0 Å². The number of carboxylic acids is 1. The number of piperidine rings is 1. The van der Waals surface area contributed by atoms with Crippen LogP contribution in [0.2, 0.25) is 0 Å². The van der Waals surface area contributed by atoms with Gasteiger partial charge in [-0.3, -0.25) is 14.4 Å². The second kappa shape index (κ2) is 14.4. The number of aromatic nitrogens is 3. The number of esters is 1. The fourth-order valence-electron chi connectivity index (χ4n) is 17.1. The Labute approximate surface area is 370 Å². The van der Waals surface area contributed by atoms with E-state index in [0.29, 0.717) is 24.7 Å². The largest absolute Gasteiger partial charge is 0.481 e. The van der Waals surface area contributed by atoms with E-state index in [4.69, 9.17) is 4.74 Å². The standard InChI is InChI=1S/C51H77N5O6/c1-27(2)40-36(57)26-51(52-45(61)56-30-13-14-31(56)24-32(23-30)55-29(5)53-54-42(55)28(3)4)22-21-49(11)33(41(40)51)15-16-38-48(10)19-18-39(47(8,9)37(48)17-20-50(38,49)12)62-44(60)35-25-34(43(58)59)46(35,6)7/h27-28,30-35,37-39H,13-26H2,1-12H3,(H,52,61)(H,58,59)/t30-,31+,32-,33-,34+,35-,37+,38-,39+,48+,49-,50-,51-/m1/s1. The molecule has 3 heterocycles. The van der Waals surface area contributed by atoms with Gasteiger partial charge in [0.2, 0.25) is 0 Å². The van der Waals surface area contributed by atoms with Crippen molar-refractivity contribution < 1.29 is 29.0 Å². The summed E-state index contributed by atoms with van der Waals surface area (Å²) in [6.45, 7) is 26.9. The van der Waals surface area contributed by atoms with Crippen molar-refractivity contribution in [3.05, 3.63) is 22.8 Å². The quantitative estimate of drug-likeness (QED) is 0.258. The number of rotatable bonds is 7. The molecule has 2 saturated heterocycles. The molecule has 6 aliphatic carbocycles. The summed E-state index contributed by atoms with van der Waals surface area (Å²) in [7, 11) is 0. The van der Waals surface area contributed by atoms with Crippen LogP contribution in [0.1, 0.15) is 190 Å². The third-order valence-electron chi connectivity index (χ3n) is 20.5. The van der Waals surface area contributed by atoms with Gasteiger partial charge in [-0.2, -0.15) is 0 Å². The molecule has 0 unspecified atom stereocenters. The van der Waals surface area contributed by atoms with Gasteiger partial charge in [-0.05, 0) is 147 Å². The molecule has 2 aliphatic heterocycles. The number of carbonyl (C=O) groups is 4. The maximum atomic E-state index is 14.9. The van der Waals surface area contributed by atoms with Crippen molar-refractivity contribution in [3.63, 3.8) is 0 Å². The predicted octanol–water partition coefficient (Wildman–Crippen LogP) is 9.98. The van der Waals surface area contributed by atoms with Crippen LogP contribution < -0.4 is 5.32 Å². The number of allylic oxidation sites excluding steroid dienone is 1. The summed E-state index contributed by atoms with van der Waals surface area (Å²) < 4.78 is 8.80. The topological polar surface area (TPSA) is 144 Å². The summed E-state index contributed by atoms with van der Waals surface area (Å²) in [5.41, 5.74) is 0.848. The van der Waals surface area contributed by atoms with Crippen LogP contribution >= 0.6 is 0 Å². The highest BCUT2D eigenvalue weighted by Gasteiger charge is 2.71. The minimum atomic E-state index is -0.829. The molecule has 11 heteroatoms. The molecule has 11 nitrogen and oxygen atoms in total. The van der Waals surface area contributed by atoms with Gasteiger partial charge in [-0.1, -0.05) is 76.2 Å². The van der Waals surface area contributed by atoms with E-state index in [-0.39, 0.29) is 87.3 Å². The maximum Gasteiger partial charge on any atom is 0.318 e. The number of ketones is 1. The number of Topliss-reactive ketones (excluding diaryl/α,β-unsaturated/α-hetero) is 1. The molecule has 62 heavy (non-hydrogen) atoms. The Morgan fingerprint density at radius 3 is 2.03 bits per heavy atom. The molecular weight excluding hydrogens is 779 g/mol. The lowest BCUT2D eigenvalue weighted by Gasteiger charge is -2.72. The number of aryl methyl sites for hydroxylation is 1. The first-order valence-electron chi connectivity index (χ1n) is 24.7. The monoisotopic (exact) mass is 856 g/mol. The number of nitrogens with one attached hydrogen (secondary N) is 1. The van der Waals surface area contributed by atoms with Crippen LogP contribution in [0.5, 0.6) is 0 Å². The number of fused-ring (bicyclic) bond motifs is 9. The third-order valence-corrected chi connectivity index (χ3v) is 20.5. The lowest BCUT2D eigenvalue weighted by atomic mass is 9.33. The van der Waals surface area contributed by atoms with Crippen LogP contribution in [-0.4, -0.2) is 72.3 Å². The molecule has 7 fully saturated rings. The van der Waals surface area contributed by atoms with Gasteiger partial charge in [0.1, 0.15) is 17.8 Å². The van der Waals surface area contributed by atoms with E-state index in [1.54, 1.807) is 0 Å². The first kappa shape index (κ1) is 44.0. The highest BCUT2D eigenvalue weighted by molar-refractivity contribution is 6.02. The summed E-state index contributed by atoms with van der Waals surface area (Å²) in [6.07, 6.45) is 12.2. The maximum absolute atomic E-state index is 14.9. The van der Waals surface area contributed by atoms with E-state index in [2.05, 4.69) is 94.2 Å². The Morgan fingerprint density at radius 1 is 0.742 bits per heavy atom. The fourth-order valence-corrected chi connectivity index (χ4v) is 17.1. The van der Waals surface area contributed by atoms with Gasteiger partial charge < -0.3 is 24.6 Å². The number of urea groups is 1. The number of carbonyl (C=O) groups excluding carboxylic acids is 3. The van der Waals surface area contributed by atoms with Crippen molar-refractivity contribution in [2.75, 3.05) is 0 Å². The third kappa shape index (κ3) is 5.98. The normalized spacial score (nSPS) is 42.8. The molecule has 0 aromatic carbocycles. The number of amides is 2. The number of hydrogen-bond acceptors (Lipinski definition) is 7. The number of carboxylic acid groups (broad SMARTS) is 1. The second-order valence-corrected chi connectivity index (χ2v) is 24.5. The molecule has 2 N–H and O–H groups in total. The molecule has 0 spiro atoms. The van der Waals surface area contributed by atoms with Crippen molar-refractivity contribution in [2.45, 2.75) is 209 Å². The van der Waals surface area contributed by atoms with Crippen LogP contribution in [0.3, 0.4) is 0 Å². The molecule has 1 aromatic heterocycles. The average molecular weight is 856 g/mol. The smallest absolute Gasteiger partial charge is 0.318 e. The number of hydrogen-bond donors (Lipinski definition) is 2. The van der Waals surface area contributed by atoms with Gasteiger partial charge in [0.15, 0.2) is 5.78 Å². The van der Waals surface area contributed by atoms with Gasteiger partial charge in [0, 0.05) is 35.9 Å². The number of aliphatic carboxylic acids is 1. The van der Waals surface area contributed by atoms with Gasteiger partial charge in [0.25, 0.3) is 0 Å². The zero-order valence-electron chi connectivity index (χ0n) is 40.0. The molecule has 8 aliphatic rings. The van der Waals surface area contributed by atoms with Crippen molar-refractivity contribution in [2.24, 2.45) is 62.6 Å². The van der Waals surface area contributed by atoms with Crippen molar-refractivity contribution in [1.29, 1.82) is 0 Å². The SMILES string of the molecule is Cc1nnc(C(C)C)n1[C@@H]1C[C@H]2CC[C@@H](C1)N2C(=O)N[C@@]12CC[C@]3(C)[C@H](CC[C@@H]4[C@@]5(C)CC[C@H](OC(=O)[C@H]6C[C@@H](C(=O)O)C6(C)C)C(C)(C)[C@@H]5CC[C@]43C)C1=C(C(C)C)C(=O)C2. The Morgan fingerprint density at radius 2 is 1.42 bits per heavy atom. The highest BCUT2D eigenvalue weighted by atomic mass is 16.5. The molecular formula is C51H77N5O6. The van der Waals surface area contributed by atoms with Crippen LogP contribution in [0, 0.1) is 69.5 Å². The zero-order chi connectivity index (χ0) is 44.9. The van der Waals surface area contributed by atoms with Crippen molar-refractivity contribution in [1.82, 2.24) is 25.0 Å². The molecule has 2 amide bonds. The average Bonchev–Trinajstić information content (AvgIpc) is 3.80. The van der Waals surface area contributed by atoms with Crippen LogP contribution in [0.25, 0.3) is 0 Å².